The van der Waals surface area contributed by atoms with Gasteiger partial charge >= 0.3 is 0 Å². The fourth-order valence-electron chi connectivity index (χ4n) is 0. The fourth-order valence-corrected chi connectivity index (χ4v) is 0. The fraction of sp³-hybridized carbons (Fsp3) is 0.500. The van der Waals surface area contributed by atoms with E-state index < -0.39 is 6.04 Å². The summed E-state index contributed by atoms with van der Waals surface area (Å²) in [7, 11) is 0. The summed E-state index contributed by atoms with van der Waals surface area (Å²) < 4.78 is 10.4. The molecule has 0 aromatic carbocycles. The van der Waals surface area contributed by atoms with E-state index in [4.69, 9.17) is 4.79 Å². The first-order chi connectivity index (χ1) is 1.73. The molecule has 0 heterocycles. The van der Waals surface area contributed by atoms with E-state index in [1.54, 1.807) is 0 Å². The minimum Gasteiger partial charge on any atom is -0.412 e. The van der Waals surface area contributed by atoms with Gasteiger partial charge in [0.15, 0.2) is 0 Å². The molecule has 0 spiro atoms. The summed E-state index contributed by atoms with van der Waals surface area (Å²) in [4.78, 5) is 8.78. The van der Waals surface area contributed by atoms with Gasteiger partial charge in [0.1, 0.15) is 0 Å². The first kappa shape index (κ1) is 8.82. The first-order valence-corrected chi connectivity index (χ1v) is 0.893. The van der Waals surface area contributed by atoms with Gasteiger partial charge in [-0.15, -0.1) is 0 Å². The summed E-state index contributed by atoms with van der Waals surface area (Å²) in [5, 5.41) is 0. The van der Waals surface area contributed by atoms with Gasteiger partial charge in [-0.25, -0.2) is 0 Å². The van der Waals surface area contributed by atoms with Crippen LogP contribution in [0, 0.1) is 0 Å². The maximum atomic E-state index is 10.4. The summed E-state index contributed by atoms with van der Waals surface area (Å²) in [6, 6.07) is -1.33. The number of halogens is 1. The highest BCUT2D eigenvalue weighted by atomic mass is 19.1. The molecular weight excluding hydrogens is 75.0 g/mol. The second kappa shape index (κ2) is 3.56. The molecule has 32 valence electrons. The standard InChI is InChI=1S/C2H3FO.H2O/c1-2(3)4;/h1H3;1H2. The highest BCUT2D eigenvalue weighted by Crippen LogP contribution is 1.58. The molecule has 0 aromatic rings. The molecule has 0 aliphatic rings. The Labute approximate surface area is 28.9 Å². The average Bonchev–Trinajstić information content (AvgIpc) is 0.811. The summed E-state index contributed by atoms with van der Waals surface area (Å²) in [6.07, 6.45) is 0. The highest BCUT2D eigenvalue weighted by Gasteiger charge is 1.69. The van der Waals surface area contributed by atoms with E-state index in [0.29, 0.717) is 0 Å². The van der Waals surface area contributed by atoms with E-state index in [0.717, 1.165) is 6.92 Å². The molecule has 0 saturated heterocycles. The summed E-state index contributed by atoms with van der Waals surface area (Å²) in [5.74, 6) is 0. The quantitative estimate of drug-likeness (QED) is 0.368. The third-order valence-electron chi connectivity index (χ3n) is 0. The molecule has 0 bridgehead atoms. The molecule has 0 radical (unpaired) electrons. The van der Waals surface area contributed by atoms with Gasteiger partial charge in [-0.05, 0) is 0 Å². The van der Waals surface area contributed by atoms with Crippen molar-refractivity contribution in [3.8, 4) is 0 Å². The molecule has 2 nitrogen and oxygen atoms in total. The molecule has 0 rings (SSSR count). The predicted octanol–water partition coefficient (Wildman–Crippen LogP) is -0.322. The molecular formula is C2H5FO2. The Morgan fingerprint density at radius 1 is 1.80 bits per heavy atom. The lowest BCUT2D eigenvalue weighted by Gasteiger charge is -1.50. The molecule has 0 aliphatic heterocycles. The Kier molecular flexibility index (Phi) is 6.28. The Morgan fingerprint density at radius 2 is 1.80 bits per heavy atom. The van der Waals surface area contributed by atoms with Crippen molar-refractivity contribution in [2.24, 2.45) is 0 Å². The zero-order valence-corrected chi connectivity index (χ0v) is 2.79. The Hall–Kier alpha value is -0.440. The minimum absolute atomic E-state index is 0. The highest BCUT2D eigenvalue weighted by molar-refractivity contribution is 5.64. The smallest absolute Gasteiger partial charge is 0.298 e. The zero-order chi connectivity index (χ0) is 3.58. The van der Waals surface area contributed by atoms with Gasteiger partial charge in [0.25, 0.3) is 6.04 Å². The lowest BCUT2D eigenvalue weighted by molar-refractivity contribution is -0.126. The van der Waals surface area contributed by atoms with Crippen LogP contribution in [-0.2, 0) is 4.79 Å². The van der Waals surface area contributed by atoms with Crippen molar-refractivity contribution in [3.05, 3.63) is 0 Å². The Balaban J connectivity index is 0. The van der Waals surface area contributed by atoms with Gasteiger partial charge in [-0.1, -0.05) is 0 Å². The number of rotatable bonds is 0. The number of hydrogen-bond donors (Lipinski definition) is 0. The van der Waals surface area contributed by atoms with E-state index in [9.17, 15) is 4.39 Å². The maximum absolute atomic E-state index is 10.4. The van der Waals surface area contributed by atoms with Crippen LogP contribution in [-0.4, -0.2) is 11.5 Å². The number of carbonyl (C=O) groups is 1. The lowest BCUT2D eigenvalue weighted by atomic mass is 10.9. The molecule has 0 aliphatic carbocycles. The van der Waals surface area contributed by atoms with Crippen molar-refractivity contribution >= 4 is 6.04 Å². The molecule has 0 saturated carbocycles. The van der Waals surface area contributed by atoms with Crippen molar-refractivity contribution in [1.29, 1.82) is 0 Å². The molecule has 0 aromatic heterocycles. The van der Waals surface area contributed by atoms with Crippen molar-refractivity contribution < 1.29 is 14.7 Å². The maximum Gasteiger partial charge on any atom is 0.298 e. The van der Waals surface area contributed by atoms with Crippen LogP contribution >= 0.6 is 0 Å². The summed E-state index contributed by atoms with van der Waals surface area (Å²) in [6.45, 7) is 0.861. The largest absolute Gasteiger partial charge is 0.412 e. The van der Waals surface area contributed by atoms with E-state index in [1.165, 1.54) is 0 Å². The second-order valence-corrected chi connectivity index (χ2v) is 0.470. The topological polar surface area (TPSA) is 48.6 Å². The van der Waals surface area contributed by atoms with E-state index in [-0.39, 0.29) is 5.48 Å². The monoisotopic (exact) mass is 80.0 g/mol. The molecule has 5 heavy (non-hydrogen) atoms. The molecule has 3 heteroatoms. The van der Waals surface area contributed by atoms with Gasteiger partial charge in [0, 0.05) is 6.92 Å². The van der Waals surface area contributed by atoms with Gasteiger partial charge in [-0.2, -0.15) is 4.39 Å². The van der Waals surface area contributed by atoms with Crippen LogP contribution in [0.1, 0.15) is 6.92 Å². The lowest BCUT2D eigenvalue weighted by Crippen LogP contribution is -1.65. The molecule has 0 fully saturated rings. The normalized spacial score (nSPS) is 5.20. The number of carbonyl (C=O) groups excluding carboxylic acids is 1. The zero-order valence-electron chi connectivity index (χ0n) is 2.79. The second-order valence-electron chi connectivity index (χ2n) is 0.470. The van der Waals surface area contributed by atoms with Gasteiger partial charge in [0.2, 0.25) is 0 Å². The minimum atomic E-state index is -1.33. The average molecular weight is 80.1 g/mol. The molecule has 0 unspecified atom stereocenters. The Morgan fingerprint density at radius 3 is 1.80 bits per heavy atom. The van der Waals surface area contributed by atoms with Crippen LogP contribution in [0.2, 0.25) is 0 Å². The van der Waals surface area contributed by atoms with Crippen LogP contribution in [0.5, 0.6) is 0 Å². The molecule has 2 N–H and O–H groups in total. The van der Waals surface area contributed by atoms with Gasteiger partial charge < -0.3 is 5.48 Å². The number of hydrogen-bond acceptors (Lipinski definition) is 1. The summed E-state index contributed by atoms with van der Waals surface area (Å²) >= 11 is 0. The van der Waals surface area contributed by atoms with E-state index >= 15 is 0 Å². The molecule has 0 atom stereocenters. The first-order valence-electron chi connectivity index (χ1n) is 0.893. The van der Waals surface area contributed by atoms with Crippen LogP contribution < -0.4 is 0 Å². The third kappa shape index (κ3) is 44.8. The van der Waals surface area contributed by atoms with Crippen LogP contribution in [0.4, 0.5) is 4.39 Å². The SMILES string of the molecule is CC(=O)F.O. The third-order valence-corrected chi connectivity index (χ3v) is 0. The molecule has 0 amide bonds. The van der Waals surface area contributed by atoms with Crippen LogP contribution in [0.3, 0.4) is 0 Å². The van der Waals surface area contributed by atoms with E-state index in [1.807, 2.05) is 0 Å². The van der Waals surface area contributed by atoms with Gasteiger partial charge in [-0.3, -0.25) is 4.79 Å². The van der Waals surface area contributed by atoms with Crippen LogP contribution in [0.25, 0.3) is 0 Å². The predicted molar refractivity (Wildman–Crippen MR) is 15.4 cm³/mol. The van der Waals surface area contributed by atoms with E-state index in [2.05, 4.69) is 0 Å². The van der Waals surface area contributed by atoms with Crippen LogP contribution in [0.15, 0.2) is 0 Å². The van der Waals surface area contributed by atoms with Crippen molar-refractivity contribution in [1.82, 2.24) is 0 Å². The van der Waals surface area contributed by atoms with Crippen molar-refractivity contribution in [3.63, 3.8) is 0 Å². The van der Waals surface area contributed by atoms with Gasteiger partial charge in [0.05, 0.1) is 0 Å². The van der Waals surface area contributed by atoms with Crippen molar-refractivity contribution in [2.45, 2.75) is 6.92 Å². The Bertz CT molecular complexity index is 30.6. The summed E-state index contributed by atoms with van der Waals surface area (Å²) in [5.41, 5.74) is 0. The van der Waals surface area contributed by atoms with Crippen molar-refractivity contribution in [2.75, 3.05) is 0 Å².